The standard InChI is InChI=1S/C21H20FN5O/c1-2-20-24-10-14-11-27(12-19(14)26-20)21(28)9-18-16(23)7-8-17(25-18)13-3-5-15(22)6-4-13/h3-8,10H,2,9,11-12,23H2,1H3. The van der Waals surface area contributed by atoms with Gasteiger partial charge < -0.3 is 10.6 Å². The minimum absolute atomic E-state index is 0.0634. The highest BCUT2D eigenvalue weighted by Gasteiger charge is 2.26. The highest BCUT2D eigenvalue weighted by Crippen LogP contribution is 2.24. The molecular weight excluding hydrogens is 357 g/mol. The van der Waals surface area contributed by atoms with Crippen molar-refractivity contribution < 1.29 is 9.18 Å². The molecule has 0 saturated carbocycles. The van der Waals surface area contributed by atoms with Crippen molar-refractivity contribution in [1.29, 1.82) is 0 Å². The average molecular weight is 377 g/mol. The molecule has 1 aliphatic rings. The van der Waals surface area contributed by atoms with Gasteiger partial charge in [0, 0.05) is 30.3 Å². The molecule has 0 fully saturated rings. The summed E-state index contributed by atoms with van der Waals surface area (Å²) >= 11 is 0. The van der Waals surface area contributed by atoms with Crippen LogP contribution in [0.2, 0.25) is 0 Å². The summed E-state index contributed by atoms with van der Waals surface area (Å²) in [5, 5.41) is 0. The summed E-state index contributed by atoms with van der Waals surface area (Å²) < 4.78 is 13.2. The summed E-state index contributed by atoms with van der Waals surface area (Å²) in [6, 6.07) is 9.56. The number of nitrogens with two attached hydrogens (primary N) is 1. The van der Waals surface area contributed by atoms with Gasteiger partial charge in [-0.25, -0.2) is 14.4 Å². The number of halogens is 1. The maximum absolute atomic E-state index is 13.2. The van der Waals surface area contributed by atoms with Gasteiger partial charge in [-0.15, -0.1) is 0 Å². The second kappa shape index (κ2) is 7.34. The number of amides is 1. The van der Waals surface area contributed by atoms with Gasteiger partial charge >= 0.3 is 0 Å². The minimum atomic E-state index is -0.308. The first-order valence-corrected chi connectivity index (χ1v) is 9.16. The average Bonchev–Trinajstić information content (AvgIpc) is 3.13. The number of pyridine rings is 1. The Morgan fingerprint density at radius 3 is 2.68 bits per heavy atom. The molecule has 3 heterocycles. The molecule has 2 aromatic heterocycles. The largest absolute Gasteiger partial charge is 0.397 e. The molecule has 3 aromatic rings. The summed E-state index contributed by atoms with van der Waals surface area (Å²) in [6.45, 7) is 2.97. The van der Waals surface area contributed by atoms with E-state index in [0.717, 1.165) is 29.1 Å². The predicted octanol–water partition coefficient (Wildman–Crippen LogP) is 2.91. The second-order valence-corrected chi connectivity index (χ2v) is 6.78. The SMILES string of the molecule is CCc1ncc2c(n1)CN(C(=O)Cc1nc(-c3ccc(F)cc3)ccc1N)C2. The van der Waals surface area contributed by atoms with Crippen molar-refractivity contribution >= 4 is 11.6 Å². The van der Waals surface area contributed by atoms with Crippen LogP contribution < -0.4 is 5.73 Å². The maximum Gasteiger partial charge on any atom is 0.229 e. The molecule has 6 nitrogen and oxygen atoms in total. The third kappa shape index (κ3) is 3.55. The first-order valence-electron chi connectivity index (χ1n) is 9.16. The zero-order valence-electron chi connectivity index (χ0n) is 15.5. The molecule has 0 radical (unpaired) electrons. The third-order valence-electron chi connectivity index (χ3n) is 4.84. The number of nitrogen functional groups attached to an aromatic ring is 1. The van der Waals surface area contributed by atoms with E-state index in [1.807, 2.05) is 6.92 Å². The van der Waals surface area contributed by atoms with E-state index in [1.165, 1.54) is 12.1 Å². The van der Waals surface area contributed by atoms with E-state index in [-0.39, 0.29) is 18.1 Å². The Morgan fingerprint density at radius 1 is 1.14 bits per heavy atom. The van der Waals surface area contributed by atoms with Crippen LogP contribution in [0.1, 0.15) is 29.7 Å². The summed E-state index contributed by atoms with van der Waals surface area (Å²) in [7, 11) is 0. The Kier molecular flexibility index (Phi) is 4.73. The first-order chi connectivity index (χ1) is 13.5. The molecule has 0 aliphatic carbocycles. The highest BCUT2D eigenvalue weighted by molar-refractivity contribution is 5.80. The van der Waals surface area contributed by atoms with E-state index < -0.39 is 0 Å². The highest BCUT2D eigenvalue weighted by atomic mass is 19.1. The van der Waals surface area contributed by atoms with E-state index in [0.29, 0.717) is 30.2 Å². The summed E-state index contributed by atoms with van der Waals surface area (Å²) in [5.74, 6) is 0.412. The Bertz CT molecular complexity index is 1040. The molecule has 0 bridgehead atoms. The molecule has 0 saturated heterocycles. The summed E-state index contributed by atoms with van der Waals surface area (Å²) in [4.78, 5) is 27.9. The Morgan fingerprint density at radius 2 is 1.93 bits per heavy atom. The quantitative estimate of drug-likeness (QED) is 0.756. The molecule has 0 unspecified atom stereocenters. The molecule has 1 amide bonds. The van der Waals surface area contributed by atoms with Gasteiger partial charge in [0.05, 0.1) is 35.7 Å². The molecule has 1 aromatic carbocycles. The number of fused-ring (bicyclic) bond motifs is 1. The Labute approximate surface area is 162 Å². The number of anilines is 1. The molecule has 0 atom stereocenters. The van der Waals surface area contributed by atoms with E-state index in [4.69, 9.17) is 5.73 Å². The van der Waals surface area contributed by atoms with Gasteiger partial charge in [-0.3, -0.25) is 9.78 Å². The van der Waals surface area contributed by atoms with Crippen LogP contribution in [0.15, 0.2) is 42.6 Å². The molecule has 2 N–H and O–H groups in total. The van der Waals surface area contributed by atoms with E-state index in [9.17, 15) is 9.18 Å². The predicted molar refractivity (Wildman–Crippen MR) is 103 cm³/mol. The fourth-order valence-corrected chi connectivity index (χ4v) is 3.23. The number of carbonyl (C=O) groups excluding carboxylic acids is 1. The van der Waals surface area contributed by atoms with Crippen molar-refractivity contribution in [2.45, 2.75) is 32.9 Å². The van der Waals surface area contributed by atoms with Crippen LogP contribution in [0.25, 0.3) is 11.3 Å². The van der Waals surface area contributed by atoms with E-state index >= 15 is 0 Å². The molecule has 28 heavy (non-hydrogen) atoms. The van der Waals surface area contributed by atoms with Crippen molar-refractivity contribution in [1.82, 2.24) is 19.9 Å². The van der Waals surface area contributed by atoms with Crippen LogP contribution in [0.3, 0.4) is 0 Å². The number of nitrogens with zero attached hydrogens (tertiary/aromatic N) is 4. The van der Waals surface area contributed by atoms with Gasteiger partial charge in [0.15, 0.2) is 0 Å². The minimum Gasteiger partial charge on any atom is -0.397 e. The van der Waals surface area contributed by atoms with Gasteiger partial charge in [-0.1, -0.05) is 6.92 Å². The number of hydrogen-bond acceptors (Lipinski definition) is 5. The van der Waals surface area contributed by atoms with Crippen molar-refractivity contribution in [2.24, 2.45) is 0 Å². The number of aromatic nitrogens is 3. The fourth-order valence-electron chi connectivity index (χ4n) is 3.23. The van der Waals surface area contributed by atoms with Crippen LogP contribution in [0.5, 0.6) is 0 Å². The zero-order valence-corrected chi connectivity index (χ0v) is 15.5. The molecular formula is C21H20FN5O. The van der Waals surface area contributed by atoms with Gasteiger partial charge in [-0.2, -0.15) is 0 Å². The second-order valence-electron chi connectivity index (χ2n) is 6.78. The summed E-state index contributed by atoms with van der Waals surface area (Å²) in [5.41, 5.74) is 10.3. The van der Waals surface area contributed by atoms with Crippen LogP contribution >= 0.6 is 0 Å². The smallest absolute Gasteiger partial charge is 0.229 e. The Hall–Kier alpha value is -3.35. The fraction of sp³-hybridized carbons (Fsp3) is 0.238. The van der Waals surface area contributed by atoms with Crippen molar-refractivity contribution in [3.63, 3.8) is 0 Å². The van der Waals surface area contributed by atoms with Crippen LogP contribution in [-0.2, 0) is 30.7 Å². The molecule has 1 aliphatic heterocycles. The van der Waals surface area contributed by atoms with Gasteiger partial charge in [0.1, 0.15) is 11.6 Å². The lowest BCUT2D eigenvalue weighted by atomic mass is 10.1. The van der Waals surface area contributed by atoms with Crippen LogP contribution in [0.4, 0.5) is 10.1 Å². The van der Waals surface area contributed by atoms with Crippen molar-refractivity contribution in [3.05, 3.63) is 71.2 Å². The molecule has 0 spiro atoms. The van der Waals surface area contributed by atoms with Gasteiger partial charge in [-0.05, 0) is 36.4 Å². The Balaban J connectivity index is 1.52. The monoisotopic (exact) mass is 377 g/mol. The first kappa shape index (κ1) is 18.0. The molecule has 142 valence electrons. The van der Waals surface area contributed by atoms with Crippen LogP contribution in [-0.4, -0.2) is 25.8 Å². The maximum atomic E-state index is 13.2. The lowest BCUT2D eigenvalue weighted by Crippen LogP contribution is -2.27. The third-order valence-corrected chi connectivity index (χ3v) is 4.84. The zero-order chi connectivity index (χ0) is 19.7. The number of benzene rings is 1. The number of hydrogen-bond donors (Lipinski definition) is 1. The molecule has 4 rings (SSSR count). The van der Waals surface area contributed by atoms with E-state index in [1.54, 1.807) is 35.4 Å². The number of carbonyl (C=O) groups is 1. The number of aryl methyl sites for hydroxylation is 1. The normalized spacial score (nSPS) is 12.9. The van der Waals surface area contributed by atoms with Crippen molar-refractivity contribution in [2.75, 3.05) is 5.73 Å². The summed E-state index contributed by atoms with van der Waals surface area (Å²) in [6.07, 6.45) is 2.66. The van der Waals surface area contributed by atoms with E-state index in [2.05, 4.69) is 15.0 Å². The van der Waals surface area contributed by atoms with Gasteiger partial charge in [0.2, 0.25) is 5.91 Å². The molecule has 7 heteroatoms. The van der Waals surface area contributed by atoms with Crippen molar-refractivity contribution in [3.8, 4) is 11.3 Å². The topological polar surface area (TPSA) is 85.0 Å². The van der Waals surface area contributed by atoms with Crippen LogP contribution in [0, 0.1) is 5.82 Å². The lowest BCUT2D eigenvalue weighted by Gasteiger charge is -2.16. The number of rotatable bonds is 4. The lowest BCUT2D eigenvalue weighted by molar-refractivity contribution is -0.131. The van der Waals surface area contributed by atoms with Gasteiger partial charge in [0.25, 0.3) is 0 Å².